The number of hydrogen-bond acceptors (Lipinski definition) is 4. The summed E-state index contributed by atoms with van der Waals surface area (Å²) in [5.74, 6) is 2.75. The number of hydrogen-bond donors (Lipinski definition) is 1. The Kier molecular flexibility index (Phi) is 8.68. The molecule has 0 atom stereocenters. The molecule has 0 aromatic carbocycles. The van der Waals surface area contributed by atoms with Crippen molar-refractivity contribution in [3.05, 3.63) is 23.9 Å². The van der Waals surface area contributed by atoms with E-state index in [0.717, 1.165) is 62.7 Å². The van der Waals surface area contributed by atoms with Crippen molar-refractivity contribution in [1.29, 1.82) is 0 Å². The van der Waals surface area contributed by atoms with Crippen LogP contribution in [0.4, 0.5) is 5.82 Å². The smallest absolute Gasteiger partial charge is 0.194 e. The zero-order valence-electron chi connectivity index (χ0n) is 16.9. The molecule has 1 aliphatic carbocycles. The van der Waals surface area contributed by atoms with Gasteiger partial charge in [-0.25, -0.2) is 9.98 Å². The molecular weight excluding hydrogens is 326 g/mol. The van der Waals surface area contributed by atoms with Gasteiger partial charge in [0.2, 0.25) is 0 Å². The largest absolute Gasteiger partial charge is 0.379 e. The molecule has 146 valence electrons. The van der Waals surface area contributed by atoms with Gasteiger partial charge >= 0.3 is 0 Å². The Hall–Kier alpha value is -1.82. The molecule has 6 nitrogen and oxygen atoms in total. The Morgan fingerprint density at radius 1 is 1.27 bits per heavy atom. The van der Waals surface area contributed by atoms with Crippen LogP contribution in [0.5, 0.6) is 0 Å². The summed E-state index contributed by atoms with van der Waals surface area (Å²) in [5.41, 5.74) is 1.12. The van der Waals surface area contributed by atoms with Gasteiger partial charge in [0.1, 0.15) is 5.82 Å². The first-order valence-corrected chi connectivity index (χ1v) is 9.94. The summed E-state index contributed by atoms with van der Waals surface area (Å²) in [6, 6.07) is 4.20. The van der Waals surface area contributed by atoms with E-state index in [1.807, 2.05) is 6.20 Å². The summed E-state index contributed by atoms with van der Waals surface area (Å²) in [6.45, 7) is 12.3. The van der Waals surface area contributed by atoms with Gasteiger partial charge in [-0.05, 0) is 51.2 Å². The Bertz CT molecular complexity index is 538. The third-order valence-electron chi connectivity index (χ3n) is 4.63. The molecule has 0 amide bonds. The predicted molar refractivity (Wildman–Crippen MR) is 109 cm³/mol. The number of anilines is 1. The molecule has 1 saturated carbocycles. The van der Waals surface area contributed by atoms with E-state index in [-0.39, 0.29) is 0 Å². The maximum Gasteiger partial charge on any atom is 0.194 e. The highest BCUT2D eigenvalue weighted by Crippen LogP contribution is 2.28. The fourth-order valence-corrected chi connectivity index (χ4v) is 2.72. The SMILES string of the molecule is CCNC(=NCc1ccc(N(CC)CC)nc1)N(C)CCOCC1CC1. The maximum atomic E-state index is 5.74. The number of ether oxygens (including phenoxy) is 1. The Balaban J connectivity index is 1.85. The summed E-state index contributed by atoms with van der Waals surface area (Å²) in [5, 5.41) is 3.35. The van der Waals surface area contributed by atoms with Gasteiger partial charge in [-0.1, -0.05) is 6.07 Å². The van der Waals surface area contributed by atoms with Gasteiger partial charge in [-0.3, -0.25) is 0 Å². The molecule has 26 heavy (non-hydrogen) atoms. The lowest BCUT2D eigenvalue weighted by Gasteiger charge is -2.22. The quantitative estimate of drug-likeness (QED) is 0.373. The van der Waals surface area contributed by atoms with E-state index in [1.165, 1.54) is 12.8 Å². The van der Waals surface area contributed by atoms with Gasteiger partial charge in [0, 0.05) is 46.0 Å². The Labute approximate surface area is 158 Å². The average molecular weight is 362 g/mol. The molecule has 0 radical (unpaired) electrons. The van der Waals surface area contributed by atoms with E-state index in [1.54, 1.807) is 0 Å². The lowest BCUT2D eigenvalue weighted by molar-refractivity contribution is 0.115. The second kappa shape index (κ2) is 11.0. The number of aliphatic imine (C=N–C) groups is 1. The average Bonchev–Trinajstić information content (AvgIpc) is 3.48. The third-order valence-corrected chi connectivity index (χ3v) is 4.63. The third kappa shape index (κ3) is 6.83. The number of nitrogens with one attached hydrogen (secondary N) is 1. The first-order valence-electron chi connectivity index (χ1n) is 9.94. The normalized spacial score (nSPS) is 14.4. The zero-order valence-corrected chi connectivity index (χ0v) is 16.9. The van der Waals surface area contributed by atoms with E-state index >= 15 is 0 Å². The van der Waals surface area contributed by atoms with Crippen molar-refractivity contribution in [2.24, 2.45) is 10.9 Å². The van der Waals surface area contributed by atoms with Gasteiger partial charge in [0.15, 0.2) is 5.96 Å². The highest BCUT2D eigenvalue weighted by atomic mass is 16.5. The number of pyridine rings is 1. The summed E-state index contributed by atoms with van der Waals surface area (Å²) in [4.78, 5) is 13.7. The monoisotopic (exact) mass is 361 g/mol. The molecule has 1 N–H and O–H groups in total. The Morgan fingerprint density at radius 3 is 2.62 bits per heavy atom. The molecule has 1 aromatic rings. The molecule has 1 aliphatic rings. The molecule has 6 heteroatoms. The van der Waals surface area contributed by atoms with Crippen LogP contribution in [0.15, 0.2) is 23.3 Å². The van der Waals surface area contributed by atoms with Gasteiger partial charge in [0.05, 0.1) is 13.2 Å². The standard InChI is InChI=1S/C20H35N5O/c1-5-21-20(24(4)12-13-26-16-17-8-9-17)23-15-18-10-11-19(22-14-18)25(6-2)7-3/h10-11,14,17H,5-9,12-13,15-16H2,1-4H3,(H,21,23). The predicted octanol–water partition coefficient (Wildman–Crippen LogP) is 2.75. The molecule has 1 heterocycles. The molecule has 0 bridgehead atoms. The van der Waals surface area contributed by atoms with Crippen molar-refractivity contribution in [3.8, 4) is 0 Å². The van der Waals surface area contributed by atoms with Gasteiger partial charge in [0.25, 0.3) is 0 Å². The van der Waals surface area contributed by atoms with E-state index < -0.39 is 0 Å². The topological polar surface area (TPSA) is 53.0 Å². The van der Waals surface area contributed by atoms with Crippen molar-refractivity contribution in [2.75, 3.05) is 51.3 Å². The number of rotatable bonds is 11. The van der Waals surface area contributed by atoms with Crippen molar-refractivity contribution >= 4 is 11.8 Å². The molecule has 1 aromatic heterocycles. The van der Waals surface area contributed by atoms with Crippen LogP contribution in [0.2, 0.25) is 0 Å². The second-order valence-electron chi connectivity index (χ2n) is 6.81. The minimum atomic E-state index is 0.626. The summed E-state index contributed by atoms with van der Waals surface area (Å²) in [7, 11) is 2.06. The van der Waals surface area contributed by atoms with Crippen molar-refractivity contribution in [2.45, 2.75) is 40.2 Å². The fourth-order valence-electron chi connectivity index (χ4n) is 2.72. The second-order valence-corrected chi connectivity index (χ2v) is 6.81. The lowest BCUT2D eigenvalue weighted by Crippen LogP contribution is -2.40. The van der Waals surface area contributed by atoms with Crippen LogP contribution in [0.25, 0.3) is 0 Å². The van der Waals surface area contributed by atoms with Crippen LogP contribution in [-0.2, 0) is 11.3 Å². The number of nitrogens with zero attached hydrogens (tertiary/aromatic N) is 4. The minimum absolute atomic E-state index is 0.626. The summed E-state index contributed by atoms with van der Waals surface area (Å²) in [6.07, 6.45) is 4.60. The molecule has 1 fully saturated rings. The number of likely N-dealkylation sites (N-methyl/N-ethyl adjacent to an activating group) is 1. The van der Waals surface area contributed by atoms with Gasteiger partial charge < -0.3 is 19.9 Å². The van der Waals surface area contributed by atoms with Crippen molar-refractivity contribution < 1.29 is 4.74 Å². The molecular formula is C20H35N5O. The van der Waals surface area contributed by atoms with Crippen LogP contribution in [0.3, 0.4) is 0 Å². The van der Waals surface area contributed by atoms with Crippen LogP contribution < -0.4 is 10.2 Å². The van der Waals surface area contributed by atoms with Gasteiger partial charge in [-0.2, -0.15) is 0 Å². The number of guanidine groups is 1. The molecule has 0 unspecified atom stereocenters. The van der Waals surface area contributed by atoms with E-state index in [2.05, 4.69) is 60.1 Å². The van der Waals surface area contributed by atoms with Crippen LogP contribution in [-0.4, -0.2) is 62.3 Å². The number of aromatic nitrogens is 1. The van der Waals surface area contributed by atoms with E-state index in [0.29, 0.717) is 6.54 Å². The van der Waals surface area contributed by atoms with Crippen LogP contribution in [0.1, 0.15) is 39.2 Å². The van der Waals surface area contributed by atoms with Crippen LogP contribution >= 0.6 is 0 Å². The molecule has 0 aliphatic heterocycles. The van der Waals surface area contributed by atoms with Gasteiger partial charge in [-0.15, -0.1) is 0 Å². The molecule has 2 rings (SSSR count). The lowest BCUT2D eigenvalue weighted by atomic mass is 10.3. The van der Waals surface area contributed by atoms with Crippen LogP contribution in [0, 0.1) is 5.92 Å². The zero-order chi connectivity index (χ0) is 18.8. The summed E-state index contributed by atoms with van der Waals surface area (Å²) >= 11 is 0. The first-order chi connectivity index (χ1) is 12.7. The fraction of sp³-hybridized carbons (Fsp3) is 0.700. The highest BCUT2D eigenvalue weighted by molar-refractivity contribution is 5.79. The molecule has 0 saturated heterocycles. The molecule has 0 spiro atoms. The van der Waals surface area contributed by atoms with E-state index in [9.17, 15) is 0 Å². The van der Waals surface area contributed by atoms with Crippen molar-refractivity contribution in [3.63, 3.8) is 0 Å². The first kappa shape index (κ1) is 20.5. The minimum Gasteiger partial charge on any atom is -0.379 e. The van der Waals surface area contributed by atoms with E-state index in [4.69, 9.17) is 9.73 Å². The maximum absolute atomic E-state index is 5.74. The van der Waals surface area contributed by atoms with Crippen molar-refractivity contribution in [1.82, 2.24) is 15.2 Å². The Morgan fingerprint density at radius 2 is 2.04 bits per heavy atom. The highest BCUT2D eigenvalue weighted by Gasteiger charge is 2.21. The summed E-state index contributed by atoms with van der Waals surface area (Å²) < 4.78 is 5.74.